The standard InChI is InChI=1S/C21H21BrN4O3S/c1-3-16-19(30-21(23)25-16)20(27)26-24-11-14-6-9-17(18(10-14)28-2)29-12-13-4-7-15(22)8-5-13/h4-11H,3,12H2,1-2H3,(H2,23,25)(H,26,27). The van der Waals surface area contributed by atoms with Gasteiger partial charge in [0.1, 0.15) is 11.5 Å². The first-order valence-electron chi connectivity index (χ1n) is 9.14. The summed E-state index contributed by atoms with van der Waals surface area (Å²) in [6.45, 7) is 2.34. The van der Waals surface area contributed by atoms with Crippen molar-refractivity contribution in [1.29, 1.82) is 0 Å². The number of carbonyl (C=O) groups is 1. The molecule has 0 aliphatic heterocycles. The highest BCUT2D eigenvalue weighted by Crippen LogP contribution is 2.28. The number of methoxy groups -OCH3 is 1. The maximum atomic E-state index is 12.3. The summed E-state index contributed by atoms with van der Waals surface area (Å²) in [5.74, 6) is 0.860. The van der Waals surface area contributed by atoms with Crippen LogP contribution >= 0.6 is 27.3 Å². The lowest BCUT2D eigenvalue weighted by molar-refractivity contribution is 0.0958. The molecule has 0 atom stereocenters. The Morgan fingerprint density at radius 1 is 1.27 bits per heavy atom. The van der Waals surface area contributed by atoms with Crippen molar-refractivity contribution < 1.29 is 14.3 Å². The van der Waals surface area contributed by atoms with Crippen LogP contribution in [-0.4, -0.2) is 24.2 Å². The molecule has 0 radical (unpaired) electrons. The number of nitrogens with two attached hydrogens (primary N) is 1. The van der Waals surface area contributed by atoms with Crippen LogP contribution in [0, 0.1) is 0 Å². The lowest BCUT2D eigenvalue weighted by Gasteiger charge is -2.11. The van der Waals surface area contributed by atoms with Crippen LogP contribution in [0.1, 0.15) is 33.4 Å². The number of thiazole rings is 1. The zero-order chi connectivity index (χ0) is 21.5. The first-order chi connectivity index (χ1) is 14.5. The number of ether oxygens (including phenoxy) is 2. The smallest absolute Gasteiger partial charge is 0.283 e. The first-order valence-corrected chi connectivity index (χ1v) is 10.7. The van der Waals surface area contributed by atoms with Crippen LogP contribution in [0.5, 0.6) is 11.5 Å². The monoisotopic (exact) mass is 488 g/mol. The Morgan fingerprint density at radius 2 is 2.03 bits per heavy atom. The van der Waals surface area contributed by atoms with E-state index in [-0.39, 0.29) is 5.91 Å². The fraction of sp³-hybridized carbons (Fsp3) is 0.190. The van der Waals surface area contributed by atoms with Crippen molar-refractivity contribution in [3.63, 3.8) is 0 Å². The predicted octanol–water partition coefficient (Wildman–Crippen LogP) is 4.40. The third-order valence-electron chi connectivity index (χ3n) is 4.13. The Hall–Kier alpha value is -2.91. The van der Waals surface area contributed by atoms with Gasteiger partial charge in [0.2, 0.25) is 0 Å². The second kappa shape index (κ2) is 10.2. The molecule has 3 rings (SSSR count). The second-order valence-electron chi connectivity index (χ2n) is 6.21. The van der Waals surface area contributed by atoms with Gasteiger partial charge in [-0.05, 0) is 47.9 Å². The number of hydrazone groups is 1. The van der Waals surface area contributed by atoms with E-state index in [0.29, 0.717) is 40.2 Å². The number of halogens is 1. The van der Waals surface area contributed by atoms with Crippen LogP contribution in [0.4, 0.5) is 5.13 Å². The average Bonchev–Trinajstić information content (AvgIpc) is 3.14. The first kappa shape index (κ1) is 21.8. The molecule has 7 nitrogen and oxygen atoms in total. The molecular weight excluding hydrogens is 468 g/mol. The number of rotatable bonds is 8. The molecule has 3 N–H and O–H groups in total. The van der Waals surface area contributed by atoms with Crippen molar-refractivity contribution in [2.24, 2.45) is 5.10 Å². The molecule has 0 spiro atoms. The highest BCUT2D eigenvalue weighted by atomic mass is 79.9. The van der Waals surface area contributed by atoms with Gasteiger partial charge < -0.3 is 15.2 Å². The van der Waals surface area contributed by atoms with E-state index in [4.69, 9.17) is 15.2 Å². The Morgan fingerprint density at radius 3 is 2.73 bits per heavy atom. The molecular formula is C21H21BrN4O3S. The molecule has 0 aliphatic carbocycles. The summed E-state index contributed by atoms with van der Waals surface area (Å²) in [6, 6.07) is 13.3. The second-order valence-corrected chi connectivity index (χ2v) is 8.15. The fourth-order valence-electron chi connectivity index (χ4n) is 2.63. The third-order valence-corrected chi connectivity index (χ3v) is 5.58. The average molecular weight is 489 g/mol. The van der Waals surface area contributed by atoms with Crippen LogP contribution in [0.15, 0.2) is 52.0 Å². The van der Waals surface area contributed by atoms with Crippen molar-refractivity contribution in [1.82, 2.24) is 10.4 Å². The van der Waals surface area contributed by atoms with Crippen LogP contribution in [0.2, 0.25) is 0 Å². The molecule has 1 aromatic heterocycles. The van der Waals surface area contributed by atoms with Gasteiger partial charge in [-0.3, -0.25) is 4.79 Å². The molecule has 0 saturated heterocycles. The molecule has 0 aliphatic rings. The quantitative estimate of drug-likeness (QED) is 0.361. The normalized spacial score (nSPS) is 10.9. The summed E-state index contributed by atoms with van der Waals surface area (Å²) in [5, 5.41) is 4.39. The SMILES string of the molecule is CCc1nc(N)sc1C(=O)NN=Cc1ccc(OCc2ccc(Br)cc2)c(OC)c1. The maximum Gasteiger partial charge on any atom is 0.283 e. The molecule has 3 aromatic rings. The van der Waals surface area contributed by atoms with Crippen molar-refractivity contribution >= 4 is 44.5 Å². The van der Waals surface area contributed by atoms with Crippen molar-refractivity contribution in [3.8, 4) is 11.5 Å². The van der Waals surface area contributed by atoms with E-state index in [9.17, 15) is 4.79 Å². The molecule has 9 heteroatoms. The molecule has 2 aromatic carbocycles. The minimum absolute atomic E-state index is 0.335. The third kappa shape index (κ3) is 5.58. The highest BCUT2D eigenvalue weighted by Gasteiger charge is 2.15. The number of hydrogen-bond donors (Lipinski definition) is 2. The van der Waals surface area contributed by atoms with E-state index >= 15 is 0 Å². The van der Waals surface area contributed by atoms with Crippen LogP contribution in [-0.2, 0) is 13.0 Å². The largest absolute Gasteiger partial charge is 0.493 e. The van der Waals surface area contributed by atoms with Gasteiger partial charge in [0.05, 0.1) is 19.0 Å². The Labute approximate surface area is 187 Å². The number of nitrogens with zero attached hydrogens (tertiary/aromatic N) is 2. The number of hydrogen-bond acceptors (Lipinski definition) is 7. The Balaban J connectivity index is 1.63. The maximum absolute atomic E-state index is 12.3. The number of carbonyl (C=O) groups excluding carboxylic acids is 1. The van der Waals surface area contributed by atoms with Gasteiger partial charge in [0, 0.05) is 4.47 Å². The van der Waals surface area contributed by atoms with E-state index in [1.165, 1.54) is 6.21 Å². The number of nitrogen functional groups attached to an aromatic ring is 1. The number of anilines is 1. The zero-order valence-electron chi connectivity index (χ0n) is 16.5. The van der Waals surface area contributed by atoms with E-state index in [2.05, 4.69) is 31.4 Å². The summed E-state index contributed by atoms with van der Waals surface area (Å²) < 4.78 is 12.3. The van der Waals surface area contributed by atoms with Crippen LogP contribution in [0.3, 0.4) is 0 Å². The number of benzene rings is 2. The minimum atomic E-state index is -0.335. The lowest BCUT2D eigenvalue weighted by Crippen LogP contribution is -2.17. The van der Waals surface area contributed by atoms with Gasteiger partial charge in [-0.1, -0.05) is 46.3 Å². The van der Waals surface area contributed by atoms with Gasteiger partial charge >= 0.3 is 0 Å². The minimum Gasteiger partial charge on any atom is -0.493 e. The van der Waals surface area contributed by atoms with Gasteiger partial charge in [-0.2, -0.15) is 5.10 Å². The Kier molecular flexibility index (Phi) is 7.42. The molecule has 0 saturated carbocycles. The molecule has 0 bridgehead atoms. The summed E-state index contributed by atoms with van der Waals surface area (Å²) >= 11 is 4.56. The summed E-state index contributed by atoms with van der Waals surface area (Å²) in [4.78, 5) is 16.9. The summed E-state index contributed by atoms with van der Waals surface area (Å²) in [7, 11) is 1.57. The molecule has 0 fully saturated rings. The van der Waals surface area contributed by atoms with Crippen LogP contribution in [0.25, 0.3) is 0 Å². The highest BCUT2D eigenvalue weighted by molar-refractivity contribution is 9.10. The molecule has 1 amide bonds. The predicted molar refractivity (Wildman–Crippen MR) is 122 cm³/mol. The summed E-state index contributed by atoms with van der Waals surface area (Å²) in [6.07, 6.45) is 2.16. The number of aromatic nitrogens is 1. The van der Waals surface area contributed by atoms with Crippen molar-refractivity contribution in [2.75, 3.05) is 12.8 Å². The van der Waals surface area contributed by atoms with E-state index in [1.54, 1.807) is 19.2 Å². The Bertz CT molecular complexity index is 1050. The van der Waals surface area contributed by atoms with E-state index < -0.39 is 0 Å². The number of aryl methyl sites for hydroxylation is 1. The lowest BCUT2D eigenvalue weighted by atomic mass is 10.2. The molecule has 0 unspecified atom stereocenters. The molecule has 30 heavy (non-hydrogen) atoms. The summed E-state index contributed by atoms with van der Waals surface area (Å²) in [5.41, 5.74) is 10.7. The topological polar surface area (TPSA) is 98.8 Å². The molecule has 156 valence electrons. The zero-order valence-corrected chi connectivity index (χ0v) is 18.9. The van der Waals surface area contributed by atoms with E-state index in [0.717, 1.165) is 26.9 Å². The van der Waals surface area contributed by atoms with Gasteiger partial charge in [0.15, 0.2) is 16.6 Å². The van der Waals surface area contributed by atoms with Gasteiger partial charge in [-0.15, -0.1) is 0 Å². The van der Waals surface area contributed by atoms with Gasteiger partial charge in [0.25, 0.3) is 5.91 Å². The van der Waals surface area contributed by atoms with Crippen molar-refractivity contribution in [2.45, 2.75) is 20.0 Å². The van der Waals surface area contributed by atoms with E-state index in [1.807, 2.05) is 37.3 Å². The fourth-order valence-corrected chi connectivity index (χ4v) is 3.70. The number of amides is 1. The van der Waals surface area contributed by atoms with Gasteiger partial charge in [-0.25, -0.2) is 10.4 Å². The number of nitrogens with one attached hydrogen (secondary N) is 1. The van der Waals surface area contributed by atoms with Crippen LogP contribution < -0.4 is 20.6 Å². The molecule has 1 heterocycles. The van der Waals surface area contributed by atoms with Crippen molar-refractivity contribution in [3.05, 3.63) is 68.6 Å².